The molecule has 0 fully saturated rings. The molecule has 3 N–H and O–H groups in total. The summed E-state index contributed by atoms with van der Waals surface area (Å²) in [5, 5.41) is 11.4. The van der Waals surface area contributed by atoms with Crippen LogP contribution in [-0.2, 0) is 22.6 Å². The van der Waals surface area contributed by atoms with Gasteiger partial charge in [0, 0.05) is 22.6 Å². The van der Waals surface area contributed by atoms with E-state index >= 15 is 0 Å². The fraction of sp³-hybridized carbons (Fsp3) is 0.118. The number of hydrogen-bond acceptors (Lipinski definition) is 3. The first-order valence-electron chi connectivity index (χ1n) is 7.58. The van der Waals surface area contributed by atoms with Gasteiger partial charge in [-0.05, 0) is 29.8 Å². The molecule has 1 aromatic heterocycles. The average molecular weight is 416 g/mol. The third-order valence-electron chi connectivity index (χ3n) is 3.90. The second-order valence-electron chi connectivity index (χ2n) is 5.80. The lowest BCUT2D eigenvalue weighted by atomic mass is 9.99. The number of nitrogens with one attached hydrogen (secondary N) is 1. The first kappa shape index (κ1) is 19.4. The van der Waals surface area contributed by atoms with Crippen molar-refractivity contribution in [3.05, 3.63) is 70.4 Å². The van der Waals surface area contributed by atoms with E-state index in [1.165, 1.54) is 24.3 Å². The van der Waals surface area contributed by atoms with E-state index in [-0.39, 0.29) is 22.6 Å². The molecule has 142 valence electrons. The number of nitrogens with two attached hydrogens (primary N) is 1. The molecule has 0 saturated heterocycles. The van der Waals surface area contributed by atoms with E-state index in [0.717, 1.165) is 0 Å². The van der Waals surface area contributed by atoms with Gasteiger partial charge in [0.05, 0.1) is 10.6 Å². The minimum absolute atomic E-state index is 0.0330. The van der Waals surface area contributed by atoms with Gasteiger partial charge in [0.15, 0.2) is 0 Å². The summed E-state index contributed by atoms with van der Waals surface area (Å²) < 4.78 is 62.8. The van der Waals surface area contributed by atoms with Crippen LogP contribution in [0.4, 0.5) is 13.2 Å². The van der Waals surface area contributed by atoms with E-state index in [9.17, 15) is 21.6 Å². The number of hydrogen-bond donors (Lipinski definition) is 2. The summed E-state index contributed by atoms with van der Waals surface area (Å²) in [7, 11) is -3.90. The largest absolute Gasteiger partial charge is 0.433 e. The lowest BCUT2D eigenvalue weighted by molar-refractivity contribution is -0.141. The predicted octanol–water partition coefficient (Wildman–Crippen LogP) is 3.99. The highest BCUT2D eigenvalue weighted by Crippen LogP contribution is 2.36. The maximum absolute atomic E-state index is 13.4. The quantitative estimate of drug-likeness (QED) is 0.675. The maximum atomic E-state index is 13.4. The van der Waals surface area contributed by atoms with Crippen LogP contribution in [0.5, 0.6) is 0 Å². The standard InChI is InChI=1S/C17H13ClF3N3O2S/c18-12-5-1-10(2-6-12)9-14-15(23-24-16(14)17(19,20)21)11-3-7-13(8-4-11)27(22,25)26/h1-8H,9H2,(H,23,24)(H2,22,25,26). The number of aromatic nitrogens is 2. The first-order valence-corrected chi connectivity index (χ1v) is 9.50. The molecule has 10 heteroatoms. The second kappa shape index (κ2) is 6.99. The maximum Gasteiger partial charge on any atom is 0.433 e. The number of aromatic amines is 1. The number of alkyl halides is 3. The normalized spacial score (nSPS) is 12.3. The molecule has 0 unspecified atom stereocenters. The fourth-order valence-electron chi connectivity index (χ4n) is 2.62. The Morgan fingerprint density at radius 2 is 1.63 bits per heavy atom. The molecule has 0 aliphatic heterocycles. The van der Waals surface area contributed by atoms with Gasteiger partial charge < -0.3 is 0 Å². The van der Waals surface area contributed by atoms with E-state index in [1.54, 1.807) is 24.3 Å². The van der Waals surface area contributed by atoms with Crippen molar-refractivity contribution in [1.82, 2.24) is 10.2 Å². The van der Waals surface area contributed by atoms with Crippen molar-refractivity contribution in [1.29, 1.82) is 0 Å². The minimum Gasteiger partial charge on any atom is -0.273 e. The zero-order valence-corrected chi connectivity index (χ0v) is 15.2. The van der Waals surface area contributed by atoms with Gasteiger partial charge in [0.25, 0.3) is 0 Å². The number of benzene rings is 2. The highest BCUT2D eigenvalue weighted by Gasteiger charge is 2.37. The Bertz CT molecular complexity index is 1060. The van der Waals surface area contributed by atoms with Crippen LogP contribution < -0.4 is 5.14 Å². The lowest BCUT2D eigenvalue weighted by Gasteiger charge is -2.10. The van der Waals surface area contributed by atoms with Crippen molar-refractivity contribution in [3.8, 4) is 11.3 Å². The van der Waals surface area contributed by atoms with E-state index in [2.05, 4.69) is 5.10 Å². The molecule has 3 rings (SSSR count). The van der Waals surface area contributed by atoms with Crippen LogP contribution in [0.25, 0.3) is 11.3 Å². The molecular weight excluding hydrogens is 403 g/mol. The molecular formula is C17H13ClF3N3O2S. The second-order valence-corrected chi connectivity index (χ2v) is 7.79. The summed E-state index contributed by atoms with van der Waals surface area (Å²) >= 11 is 5.82. The van der Waals surface area contributed by atoms with Gasteiger partial charge in [-0.3, -0.25) is 5.10 Å². The number of nitrogens with zero attached hydrogens (tertiary/aromatic N) is 1. The molecule has 27 heavy (non-hydrogen) atoms. The molecule has 0 bridgehead atoms. The van der Waals surface area contributed by atoms with E-state index in [0.29, 0.717) is 16.1 Å². The smallest absolute Gasteiger partial charge is 0.273 e. The fourth-order valence-corrected chi connectivity index (χ4v) is 3.26. The molecule has 3 aromatic rings. The molecule has 0 aliphatic rings. The van der Waals surface area contributed by atoms with Crippen LogP contribution in [-0.4, -0.2) is 18.6 Å². The highest BCUT2D eigenvalue weighted by molar-refractivity contribution is 7.89. The third-order valence-corrected chi connectivity index (χ3v) is 5.08. The van der Waals surface area contributed by atoms with Gasteiger partial charge in [-0.25, -0.2) is 13.6 Å². The Labute approximate surface area is 158 Å². The van der Waals surface area contributed by atoms with Crippen molar-refractivity contribution >= 4 is 21.6 Å². The molecule has 0 atom stereocenters. The number of H-pyrrole nitrogens is 1. The van der Waals surface area contributed by atoms with Crippen LogP contribution in [0.3, 0.4) is 0 Å². The van der Waals surface area contributed by atoms with Gasteiger partial charge in [-0.15, -0.1) is 0 Å². The molecule has 0 amide bonds. The van der Waals surface area contributed by atoms with Crippen molar-refractivity contribution in [2.45, 2.75) is 17.5 Å². The van der Waals surface area contributed by atoms with Crippen molar-refractivity contribution in [3.63, 3.8) is 0 Å². The van der Waals surface area contributed by atoms with E-state index in [4.69, 9.17) is 16.7 Å². The summed E-state index contributed by atoms with van der Waals surface area (Å²) in [6, 6.07) is 11.6. The Morgan fingerprint density at radius 1 is 1.04 bits per heavy atom. The molecule has 5 nitrogen and oxygen atoms in total. The topological polar surface area (TPSA) is 88.8 Å². The Hall–Kier alpha value is -2.36. The summed E-state index contributed by atoms with van der Waals surface area (Å²) in [6.45, 7) is 0. The van der Waals surface area contributed by atoms with Crippen LogP contribution >= 0.6 is 11.6 Å². The third kappa shape index (κ3) is 4.32. The highest BCUT2D eigenvalue weighted by atomic mass is 35.5. The summed E-state index contributed by atoms with van der Waals surface area (Å²) in [5.41, 5.74) is 0.0289. The van der Waals surface area contributed by atoms with Gasteiger partial charge in [0.1, 0.15) is 5.69 Å². The predicted molar refractivity (Wildman–Crippen MR) is 94.7 cm³/mol. The summed E-state index contributed by atoms with van der Waals surface area (Å²) in [6.07, 6.45) is -4.65. The molecule has 0 spiro atoms. The van der Waals surface area contributed by atoms with Crippen molar-refractivity contribution < 1.29 is 21.6 Å². The Morgan fingerprint density at radius 3 is 2.15 bits per heavy atom. The number of halogens is 4. The molecule has 0 radical (unpaired) electrons. The molecule has 1 heterocycles. The molecule has 2 aromatic carbocycles. The van der Waals surface area contributed by atoms with Crippen molar-refractivity contribution in [2.75, 3.05) is 0 Å². The van der Waals surface area contributed by atoms with Gasteiger partial charge >= 0.3 is 6.18 Å². The Balaban J connectivity index is 2.07. The molecule has 0 aliphatic carbocycles. The number of sulfonamides is 1. The van der Waals surface area contributed by atoms with Crippen LogP contribution in [0.15, 0.2) is 53.4 Å². The zero-order valence-electron chi connectivity index (χ0n) is 13.6. The van der Waals surface area contributed by atoms with E-state index in [1.807, 2.05) is 5.10 Å². The Kier molecular flexibility index (Phi) is 5.02. The number of rotatable bonds is 4. The average Bonchev–Trinajstić information content (AvgIpc) is 3.00. The molecule has 0 saturated carbocycles. The van der Waals surface area contributed by atoms with Crippen molar-refractivity contribution in [2.24, 2.45) is 5.14 Å². The van der Waals surface area contributed by atoms with Crippen LogP contribution in [0.2, 0.25) is 5.02 Å². The summed E-state index contributed by atoms with van der Waals surface area (Å²) in [5.74, 6) is 0. The summed E-state index contributed by atoms with van der Waals surface area (Å²) in [4.78, 5) is -0.142. The number of primary sulfonamides is 1. The van der Waals surface area contributed by atoms with E-state index < -0.39 is 21.9 Å². The van der Waals surface area contributed by atoms with Crippen LogP contribution in [0, 0.1) is 0 Å². The lowest BCUT2D eigenvalue weighted by Crippen LogP contribution is -2.11. The van der Waals surface area contributed by atoms with Gasteiger partial charge in [-0.1, -0.05) is 35.9 Å². The zero-order chi connectivity index (χ0) is 19.8. The minimum atomic E-state index is -4.62. The van der Waals surface area contributed by atoms with Gasteiger partial charge in [-0.2, -0.15) is 18.3 Å². The van der Waals surface area contributed by atoms with Crippen LogP contribution in [0.1, 0.15) is 16.8 Å². The van der Waals surface area contributed by atoms with Gasteiger partial charge in [0.2, 0.25) is 10.0 Å². The first-order chi connectivity index (χ1) is 12.6. The monoisotopic (exact) mass is 415 g/mol. The SMILES string of the molecule is NS(=O)(=O)c1ccc(-c2n[nH]c(C(F)(F)F)c2Cc2ccc(Cl)cc2)cc1.